The normalized spacial score (nSPS) is 10.2. The van der Waals surface area contributed by atoms with E-state index < -0.39 is 4.92 Å². The number of hydrogen-bond acceptors (Lipinski definition) is 4. The molecule has 126 valence electrons. The molecule has 0 saturated heterocycles. The zero-order valence-corrected chi connectivity index (χ0v) is 14.7. The minimum absolute atomic E-state index is 0.00853. The number of halogens is 1. The Labute approximate surface area is 148 Å². The smallest absolute Gasteiger partial charge is 0.274 e. The maximum absolute atomic E-state index is 12.0. The molecule has 0 radical (unpaired) electrons. The third-order valence-corrected chi connectivity index (χ3v) is 3.88. The van der Waals surface area contributed by atoms with Crippen molar-refractivity contribution < 1.29 is 14.5 Å². The van der Waals surface area contributed by atoms with E-state index >= 15 is 0 Å². The molecule has 7 heteroatoms. The number of carbonyl (C=O) groups excluding carboxylic acids is 1. The first kappa shape index (κ1) is 17.9. The van der Waals surface area contributed by atoms with Gasteiger partial charge in [0.25, 0.3) is 5.69 Å². The molecule has 0 aliphatic heterocycles. The van der Waals surface area contributed by atoms with Crippen molar-refractivity contribution in [3.05, 3.63) is 62.6 Å². The molecule has 2 aromatic carbocycles. The van der Waals surface area contributed by atoms with Gasteiger partial charge in [-0.15, -0.1) is 0 Å². The number of carbonyl (C=O) groups is 1. The van der Waals surface area contributed by atoms with Gasteiger partial charge < -0.3 is 10.1 Å². The molecule has 24 heavy (non-hydrogen) atoms. The molecular weight excluding hydrogens is 376 g/mol. The van der Waals surface area contributed by atoms with Crippen molar-refractivity contribution in [1.82, 2.24) is 0 Å². The molecule has 0 unspecified atom stereocenters. The highest BCUT2D eigenvalue weighted by Gasteiger charge is 2.14. The Balaban J connectivity index is 1.81. The van der Waals surface area contributed by atoms with Crippen molar-refractivity contribution in [3.63, 3.8) is 0 Å². The van der Waals surface area contributed by atoms with E-state index in [-0.39, 0.29) is 18.0 Å². The van der Waals surface area contributed by atoms with Gasteiger partial charge in [0.15, 0.2) is 0 Å². The molecule has 0 atom stereocenters. The average molecular weight is 393 g/mol. The monoisotopic (exact) mass is 392 g/mol. The summed E-state index contributed by atoms with van der Waals surface area (Å²) in [5.74, 6) is 0.538. The van der Waals surface area contributed by atoms with Crippen molar-refractivity contribution in [2.45, 2.75) is 19.8 Å². The number of anilines is 1. The van der Waals surface area contributed by atoms with Crippen LogP contribution in [0.25, 0.3) is 0 Å². The third kappa shape index (κ3) is 5.06. The first-order valence-electron chi connectivity index (χ1n) is 7.39. The van der Waals surface area contributed by atoms with Crippen LogP contribution in [0.5, 0.6) is 5.75 Å². The fourth-order valence-electron chi connectivity index (χ4n) is 2.15. The molecule has 0 fully saturated rings. The zero-order valence-electron chi connectivity index (χ0n) is 13.1. The van der Waals surface area contributed by atoms with E-state index in [0.29, 0.717) is 24.3 Å². The van der Waals surface area contributed by atoms with Crippen LogP contribution in [0.3, 0.4) is 0 Å². The highest BCUT2D eigenvalue weighted by atomic mass is 79.9. The minimum Gasteiger partial charge on any atom is -0.494 e. The molecule has 0 aliphatic carbocycles. The third-order valence-electron chi connectivity index (χ3n) is 3.39. The van der Waals surface area contributed by atoms with Crippen LogP contribution in [0.2, 0.25) is 0 Å². The highest BCUT2D eigenvalue weighted by molar-refractivity contribution is 9.10. The number of rotatable bonds is 7. The van der Waals surface area contributed by atoms with Gasteiger partial charge in [0, 0.05) is 17.0 Å². The summed E-state index contributed by atoms with van der Waals surface area (Å²) < 4.78 is 6.49. The minimum atomic E-state index is -0.461. The number of hydrogen-bond donors (Lipinski definition) is 1. The van der Waals surface area contributed by atoms with E-state index in [1.807, 2.05) is 24.3 Å². The molecule has 1 N–H and O–H groups in total. The van der Waals surface area contributed by atoms with E-state index in [1.165, 1.54) is 6.07 Å². The van der Waals surface area contributed by atoms with Crippen LogP contribution in [-0.4, -0.2) is 17.4 Å². The molecule has 0 spiro atoms. The van der Waals surface area contributed by atoms with Gasteiger partial charge in [-0.3, -0.25) is 14.9 Å². The van der Waals surface area contributed by atoms with E-state index in [0.717, 1.165) is 10.2 Å². The number of nitro groups is 1. The zero-order chi connectivity index (χ0) is 17.5. The van der Waals surface area contributed by atoms with Gasteiger partial charge in [0.1, 0.15) is 5.75 Å². The predicted molar refractivity (Wildman–Crippen MR) is 95.3 cm³/mol. The van der Waals surface area contributed by atoms with Crippen molar-refractivity contribution in [2.24, 2.45) is 0 Å². The van der Waals surface area contributed by atoms with E-state index in [9.17, 15) is 14.9 Å². The average Bonchev–Trinajstić information content (AvgIpc) is 2.53. The second kappa shape index (κ2) is 8.44. The number of nitrogens with one attached hydrogen (secondary N) is 1. The summed E-state index contributed by atoms with van der Waals surface area (Å²) in [7, 11) is 0. The molecule has 2 aromatic rings. The standard InChI is InChI=1S/C17H17BrN2O4/c1-12-15(7-3-8-16(12)20(22)23)19-17(21)9-4-10-24-14-6-2-5-13(18)11-14/h2-3,5-8,11H,4,9-10H2,1H3,(H,19,21). The molecule has 1 amide bonds. The Morgan fingerprint density at radius 3 is 2.75 bits per heavy atom. The van der Waals surface area contributed by atoms with Crippen LogP contribution in [0.4, 0.5) is 11.4 Å². The first-order valence-corrected chi connectivity index (χ1v) is 8.19. The van der Waals surface area contributed by atoms with Gasteiger partial charge in [-0.1, -0.05) is 28.1 Å². The highest BCUT2D eigenvalue weighted by Crippen LogP contribution is 2.25. The second-order valence-electron chi connectivity index (χ2n) is 5.16. The van der Waals surface area contributed by atoms with Crippen LogP contribution >= 0.6 is 15.9 Å². The van der Waals surface area contributed by atoms with Crippen LogP contribution in [0.15, 0.2) is 46.9 Å². The summed E-state index contributed by atoms with van der Waals surface area (Å²) in [6.07, 6.45) is 0.822. The summed E-state index contributed by atoms with van der Waals surface area (Å²) in [5.41, 5.74) is 0.897. The lowest BCUT2D eigenvalue weighted by atomic mass is 10.1. The van der Waals surface area contributed by atoms with Gasteiger partial charge in [-0.2, -0.15) is 0 Å². The molecule has 0 aromatic heterocycles. The van der Waals surface area contributed by atoms with Gasteiger partial charge in [-0.25, -0.2) is 0 Å². The Morgan fingerprint density at radius 1 is 1.29 bits per heavy atom. The van der Waals surface area contributed by atoms with E-state index in [1.54, 1.807) is 19.1 Å². The second-order valence-corrected chi connectivity index (χ2v) is 6.08. The number of nitrogens with zero attached hydrogens (tertiary/aromatic N) is 1. The summed E-state index contributed by atoms with van der Waals surface area (Å²) in [5, 5.41) is 13.6. The van der Waals surface area contributed by atoms with Gasteiger partial charge in [-0.05, 0) is 37.6 Å². The van der Waals surface area contributed by atoms with Gasteiger partial charge >= 0.3 is 0 Å². The number of benzene rings is 2. The lowest BCUT2D eigenvalue weighted by Crippen LogP contribution is -2.14. The van der Waals surface area contributed by atoms with Crippen molar-refractivity contribution in [2.75, 3.05) is 11.9 Å². The molecule has 2 rings (SSSR count). The van der Waals surface area contributed by atoms with Gasteiger partial charge in [0.2, 0.25) is 5.91 Å². The van der Waals surface area contributed by atoms with Crippen molar-refractivity contribution in [1.29, 1.82) is 0 Å². The summed E-state index contributed by atoms with van der Waals surface area (Å²) >= 11 is 3.36. The van der Waals surface area contributed by atoms with E-state index in [4.69, 9.17) is 4.74 Å². The number of ether oxygens (including phenoxy) is 1. The topological polar surface area (TPSA) is 81.5 Å². The summed E-state index contributed by atoms with van der Waals surface area (Å²) in [6.45, 7) is 2.03. The van der Waals surface area contributed by atoms with Crippen molar-refractivity contribution >= 4 is 33.2 Å². The Kier molecular flexibility index (Phi) is 6.31. The quantitative estimate of drug-likeness (QED) is 0.428. The van der Waals surface area contributed by atoms with E-state index in [2.05, 4.69) is 21.2 Å². The molecule has 6 nitrogen and oxygen atoms in total. The largest absolute Gasteiger partial charge is 0.494 e. The molecule has 0 saturated carbocycles. The predicted octanol–water partition coefficient (Wildman–Crippen LogP) is 4.46. The summed E-state index contributed by atoms with van der Waals surface area (Å²) in [4.78, 5) is 22.4. The van der Waals surface area contributed by atoms with Crippen LogP contribution < -0.4 is 10.1 Å². The van der Waals surface area contributed by atoms with Crippen LogP contribution in [0.1, 0.15) is 18.4 Å². The fourth-order valence-corrected chi connectivity index (χ4v) is 2.53. The Hall–Kier alpha value is -2.41. The fraction of sp³-hybridized carbons (Fsp3) is 0.235. The Bertz CT molecular complexity index is 749. The lowest BCUT2D eigenvalue weighted by Gasteiger charge is -2.09. The Morgan fingerprint density at radius 2 is 2.04 bits per heavy atom. The summed E-state index contributed by atoms with van der Waals surface area (Å²) in [6, 6.07) is 12.1. The lowest BCUT2D eigenvalue weighted by molar-refractivity contribution is -0.385. The van der Waals surface area contributed by atoms with Gasteiger partial charge in [0.05, 0.1) is 22.8 Å². The molecule has 0 aliphatic rings. The van der Waals surface area contributed by atoms with Crippen LogP contribution in [0, 0.1) is 17.0 Å². The first-order chi connectivity index (χ1) is 11.5. The number of amides is 1. The SMILES string of the molecule is Cc1c(NC(=O)CCCOc2cccc(Br)c2)cccc1[N+](=O)[O-]. The maximum Gasteiger partial charge on any atom is 0.274 e. The maximum atomic E-state index is 12.0. The number of nitro benzene ring substituents is 1. The van der Waals surface area contributed by atoms with Crippen molar-refractivity contribution in [3.8, 4) is 5.75 Å². The molecule has 0 bridgehead atoms. The van der Waals surface area contributed by atoms with Crippen LogP contribution in [-0.2, 0) is 4.79 Å². The molecule has 0 heterocycles. The molecular formula is C17H17BrN2O4.